The molecule has 3 fully saturated rings. The minimum Gasteiger partial charge on any atom is -0.465 e. The molecule has 4 rings (SSSR count). The highest BCUT2D eigenvalue weighted by Gasteiger charge is 2.54. The maximum Gasteiger partial charge on any atom is 0.339 e. The molecule has 0 radical (unpaired) electrons. The molecule has 7 nitrogen and oxygen atoms in total. The summed E-state index contributed by atoms with van der Waals surface area (Å²) >= 11 is 0. The maximum atomic E-state index is 11.5. The second kappa shape index (κ2) is 4.16. The van der Waals surface area contributed by atoms with Gasteiger partial charge in [-0.25, -0.2) is 9.78 Å². The third-order valence-electron chi connectivity index (χ3n) is 4.27. The normalized spacial score (nSPS) is 27.1. The number of rotatable bonds is 3. The van der Waals surface area contributed by atoms with Crippen LogP contribution in [0.3, 0.4) is 0 Å². The van der Waals surface area contributed by atoms with Crippen molar-refractivity contribution in [3.63, 3.8) is 0 Å². The Balaban J connectivity index is 2.03. The van der Waals surface area contributed by atoms with E-state index in [1.807, 2.05) is 4.90 Å². The number of hydrogen-bond donors (Lipinski definition) is 0. The van der Waals surface area contributed by atoms with Crippen LogP contribution in [0, 0.1) is 16.0 Å². The molecule has 0 amide bonds. The zero-order valence-electron chi connectivity index (χ0n) is 11.3. The zero-order chi connectivity index (χ0) is 14.5. The lowest BCUT2D eigenvalue weighted by atomic mass is 9.75. The van der Waals surface area contributed by atoms with Gasteiger partial charge in [-0.15, -0.1) is 0 Å². The summed E-state index contributed by atoms with van der Waals surface area (Å²) in [5.74, 6) is 0.330. The lowest BCUT2D eigenvalue weighted by Gasteiger charge is -2.38. The number of pyridine rings is 1. The summed E-state index contributed by atoms with van der Waals surface area (Å²) < 4.78 is 4.57. The van der Waals surface area contributed by atoms with Crippen LogP contribution in [0.25, 0.3) is 0 Å². The van der Waals surface area contributed by atoms with E-state index in [2.05, 4.69) is 16.6 Å². The Morgan fingerprint density at radius 3 is 2.80 bits per heavy atom. The van der Waals surface area contributed by atoms with Crippen molar-refractivity contribution in [3.8, 4) is 0 Å². The molecule has 0 aromatic carbocycles. The predicted molar refractivity (Wildman–Crippen MR) is 70.7 cm³/mol. The average molecular weight is 277 g/mol. The molecule has 3 heterocycles. The zero-order valence-corrected chi connectivity index (χ0v) is 11.3. The van der Waals surface area contributed by atoms with Crippen LogP contribution in [-0.4, -0.2) is 35.1 Å². The molecular formula is C13H15N3O4. The van der Waals surface area contributed by atoms with Crippen LogP contribution >= 0.6 is 0 Å². The summed E-state index contributed by atoms with van der Waals surface area (Å²) in [6, 6.07) is 1.24. The molecule has 2 aliphatic heterocycles. The first-order valence-electron chi connectivity index (χ1n) is 6.45. The van der Waals surface area contributed by atoms with Crippen molar-refractivity contribution in [2.45, 2.75) is 25.3 Å². The SMILES string of the molecule is COC(=O)c1cnc(N2CC3CC2(C)C3)c([N+](=O)[O-])c1. The van der Waals surface area contributed by atoms with Crippen LogP contribution in [0.15, 0.2) is 12.3 Å². The number of nitrogens with zero attached hydrogens (tertiary/aromatic N) is 3. The molecule has 106 valence electrons. The largest absolute Gasteiger partial charge is 0.465 e. The molecule has 20 heavy (non-hydrogen) atoms. The highest BCUT2D eigenvalue weighted by Crippen LogP contribution is 2.52. The molecule has 0 unspecified atom stereocenters. The first-order chi connectivity index (χ1) is 9.44. The molecule has 0 N–H and O–H groups in total. The van der Waals surface area contributed by atoms with Crippen LogP contribution in [-0.2, 0) is 4.74 Å². The lowest BCUT2D eigenvalue weighted by Crippen LogP contribution is -2.43. The molecule has 7 heteroatoms. The number of hydrogen-bond acceptors (Lipinski definition) is 6. The second-order valence-electron chi connectivity index (χ2n) is 5.70. The van der Waals surface area contributed by atoms with Gasteiger partial charge in [0, 0.05) is 24.3 Å². The third kappa shape index (κ3) is 1.73. The minimum absolute atomic E-state index is 0.0325. The highest BCUT2D eigenvalue weighted by molar-refractivity contribution is 5.90. The Morgan fingerprint density at radius 2 is 2.30 bits per heavy atom. The molecule has 1 aromatic heterocycles. The Labute approximate surface area is 115 Å². The Kier molecular flexibility index (Phi) is 2.67. The van der Waals surface area contributed by atoms with Gasteiger partial charge >= 0.3 is 11.7 Å². The topological polar surface area (TPSA) is 85.6 Å². The summed E-state index contributed by atoms with van der Waals surface area (Å²) in [6.07, 6.45) is 3.43. The number of carbonyl (C=O) groups excluding carboxylic acids is 1. The van der Waals surface area contributed by atoms with Gasteiger partial charge in [0.15, 0.2) is 0 Å². The van der Waals surface area contributed by atoms with E-state index >= 15 is 0 Å². The van der Waals surface area contributed by atoms with Crippen LogP contribution < -0.4 is 4.90 Å². The van der Waals surface area contributed by atoms with E-state index < -0.39 is 10.9 Å². The molecule has 2 bridgehead atoms. The van der Waals surface area contributed by atoms with Crippen LogP contribution in [0.2, 0.25) is 0 Å². The second-order valence-corrected chi connectivity index (χ2v) is 5.70. The van der Waals surface area contributed by atoms with Gasteiger partial charge in [0.05, 0.1) is 17.6 Å². The first-order valence-corrected chi connectivity index (χ1v) is 6.45. The number of nitro groups is 1. The van der Waals surface area contributed by atoms with E-state index in [4.69, 9.17) is 0 Å². The summed E-state index contributed by atoms with van der Waals surface area (Å²) in [7, 11) is 1.23. The van der Waals surface area contributed by atoms with Crippen molar-refractivity contribution in [2.75, 3.05) is 18.6 Å². The third-order valence-corrected chi connectivity index (χ3v) is 4.27. The van der Waals surface area contributed by atoms with Crippen molar-refractivity contribution < 1.29 is 14.5 Å². The first kappa shape index (κ1) is 12.8. The standard InChI is InChI=1S/C13H15N3O4/c1-13-4-8(5-13)7-15(13)11-10(16(18)19)3-9(6-14-11)12(17)20-2/h3,6,8H,4-5,7H2,1-2H3. The fraction of sp³-hybridized carbons (Fsp3) is 0.538. The van der Waals surface area contributed by atoms with E-state index in [9.17, 15) is 14.9 Å². The van der Waals surface area contributed by atoms with Gasteiger partial charge in [0.1, 0.15) is 0 Å². The molecule has 1 aliphatic carbocycles. The van der Waals surface area contributed by atoms with E-state index in [1.165, 1.54) is 19.4 Å². The summed E-state index contributed by atoms with van der Waals surface area (Å²) in [5, 5.41) is 11.3. The predicted octanol–water partition coefficient (Wildman–Crippen LogP) is 1.77. The van der Waals surface area contributed by atoms with Crippen molar-refractivity contribution in [1.29, 1.82) is 0 Å². The molecule has 2 saturated heterocycles. The van der Waals surface area contributed by atoms with Gasteiger partial charge in [-0.05, 0) is 25.7 Å². The van der Waals surface area contributed by atoms with Crippen molar-refractivity contribution >= 4 is 17.5 Å². The van der Waals surface area contributed by atoms with Gasteiger partial charge in [-0.3, -0.25) is 10.1 Å². The number of fused-ring (bicyclic) bond motifs is 1. The molecule has 0 atom stereocenters. The van der Waals surface area contributed by atoms with Gasteiger partial charge < -0.3 is 9.64 Å². The van der Waals surface area contributed by atoms with Crippen molar-refractivity contribution in [2.24, 2.45) is 5.92 Å². The van der Waals surface area contributed by atoms with Gasteiger partial charge in [0.2, 0.25) is 5.82 Å². The number of ether oxygens (including phenoxy) is 1. The molecule has 1 saturated carbocycles. The van der Waals surface area contributed by atoms with Gasteiger partial charge in [-0.1, -0.05) is 0 Å². The number of anilines is 1. The van der Waals surface area contributed by atoms with E-state index in [-0.39, 0.29) is 16.8 Å². The average Bonchev–Trinajstić information content (AvgIpc) is 2.89. The molecule has 1 aromatic rings. The van der Waals surface area contributed by atoms with E-state index in [1.54, 1.807) is 0 Å². The van der Waals surface area contributed by atoms with Crippen molar-refractivity contribution in [1.82, 2.24) is 4.98 Å². The smallest absolute Gasteiger partial charge is 0.339 e. The van der Waals surface area contributed by atoms with Crippen LogP contribution in [0.1, 0.15) is 30.1 Å². The Bertz CT molecular complexity index is 595. The van der Waals surface area contributed by atoms with Gasteiger partial charge in [0.25, 0.3) is 0 Å². The van der Waals surface area contributed by atoms with Crippen LogP contribution in [0.4, 0.5) is 11.5 Å². The van der Waals surface area contributed by atoms with Crippen molar-refractivity contribution in [3.05, 3.63) is 27.9 Å². The Morgan fingerprint density at radius 1 is 1.60 bits per heavy atom. The fourth-order valence-electron chi connectivity index (χ4n) is 3.37. The molecular weight excluding hydrogens is 262 g/mol. The Hall–Kier alpha value is -2.18. The maximum absolute atomic E-state index is 11.5. The number of methoxy groups -OCH3 is 1. The van der Waals surface area contributed by atoms with E-state index in [0.717, 1.165) is 19.4 Å². The summed E-state index contributed by atoms with van der Waals surface area (Å²) in [5.41, 5.74) is -0.0730. The highest BCUT2D eigenvalue weighted by atomic mass is 16.6. The fourth-order valence-corrected chi connectivity index (χ4v) is 3.37. The van der Waals surface area contributed by atoms with Gasteiger partial charge in [-0.2, -0.15) is 0 Å². The number of carbonyl (C=O) groups is 1. The van der Waals surface area contributed by atoms with Crippen LogP contribution in [0.5, 0.6) is 0 Å². The monoisotopic (exact) mass is 277 g/mol. The lowest BCUT2D eigenvalue weighted by molar-refractivity contribution is -0.384. The van der Waals surface area contributed by atoms with E-state index in [0.29, 0.717) is 11.7 Å². The number of aromatic nitrogens is 1. The summed E-state index contributed by atoms with van der Waals surface area (Å²) in [4.78, 5) is 28.4. The summed E-state index contributed by atoms with van der Waals surface area (Å²) in [6.45, 7) is 2.89. The molecule has 0 spiro atoms. The molecule has 3 aliphatic rings. The minimum atomic E-state index is -0.621. The quantitative estimate of drug-likeness (QED) is 0.475. The number of esters is 1.